The third kappa shape index (κ3) is 9.54. The van der Waals surface area contributed by atoms with Crippen LogP contribution in [0.1, 0.15) is 78.1 Å². The van der Waals surface area contributed by atoms with Crippen LogP contribution < -0.4 is 0 Å². The fraction of sp³-hybridized carbons (Fsp3) is 0.773. The summed E-state index contributed by atoms with van der Waals surface area (Å²) >= 11 is 0. The molecule has 26 heavy (non-hydrogen) atoms. The van der Waals surface area contributed by atoms with Gasteiger partial charge in [-0.3, -0.25) is 4.79 Å². The molecule has 0 spiro atoms. The van der Waals surface area contributed by atoms with Crippen LogP contribution in [0.25, 0.3) is 0 Å². The Kier molecular flexibility index (Phi) is 12.3. The van der Waals surface area contributed by atoms with Gasteiger partial charge >= 0.3 is 5.97 Å². The predicted octanol–water partition coefficient (Wildman–Crippen LogP) is 4.55. The van der Waals surface area contributed by atoms with Crippen LogP contribution in [0.15, 0.2) is 24.3 Å². The van der Waals surface area contributed by atoms with Gasteiger partial charge in [-0.2, -0.15) is 0 Å². The molecule has 1 aliphatic rings. The maximum Gasteiger partial charge on any atom is 0.305 e. The van der Waals surface area contributed by atoms with Gasteiger partial charge in [-0.1, -0.05) is 69.8 Å². The van der Waals surface area contributed by atoms with Gasteiger partial charge in [0.05, 0.1) is 18.8 Å². The molecule has 0 radical (unpaired) electrons. The average Bonchev–Trinajstić information content (AvgIpc) is 2.96. The molecule has 1 rings (SSSR count). The van der Waals surface area contributed by atoms with Crippen LogP contribution in [-0.2, 0) is 9.53 Å². The third-order valence-corrected chi connectivity index (χ3v) is 5.10. The number of unbranched alkanes of at least 4 members (excludes halogenated alkanes) is 5. The van der Waals surface area contributed by atoms with E-state index < -0.39 is 0 Å². The molecule has 0 aromatic carbocycles. The summed E-state index contributed by atoms with van der Waals surface area (Å²) in [5.41, 5.74) is 0. The minimum absolute atomic E-state index is 0.106. The molecule has 4 heteroatoms. The van der Waals surface area contributed by atoms with E-state index in [9.17, 15) is 15.0 Å². The Morgan fingerprint density at radius 1 is 1.12 bits per heavy atom. The number of hydrogen-bond donors (Lipinski definition) is 2. The van der Waals surface area contributed by atoms with Gasteiger partial charge in [-0.25, -0.2) is 0 Å². The van der Waals surface area contributed by atoms with Crippen molar-refractivity contribution in [2.45, 2.75) is 90.3 Å². The van der Waals surface area contributed by atoms with E-state index in [1.807, 2.05) is 19.1 Å². The Bertz CT molecular complexity index is 430. The Hall–Kier alpha value is -1.13. The molecule has 4 atom stereocenters. The molecule has 0 aromatic rings. The van der Waals surface area contributed by atoms with Gasteiger partial charge in [0.15, 0.2) is 0 Å². The summed E-state index contributed by atoms with van der Waals surface area (Å²) in [5.74, 6) is 0.315. The SMILES string of the molecule is CCCCCC(O)C=C[C@H]1C=C[C@H](O)[C@H]1CCCCCCC(=O)OCC. The summed E-state index contributed by atoms with van der Waals surface area (Å²) in [6.07, 6.45) is 16.8. The summed E-state index contributed by atoms with van der Waals surface area (Å²) in [7, 11) is 0. The lowest BCUT2D eigenvalue weighted by molar-refractivity contribution is -0.143. The van der Waals surface area contributed by atoms with Gasteiger partial charge in [0.25, 0.3) is 0 Å². The molecular formula is C22H38O4. The number of carbonyl (C=O) groups is 1. The second kappa shape index (κ2) is 14.0. The number of hydrogen-bond acceptors (Lipinski definition) is 4. The molecule has 0 saturated carbocycles. The van der Waals surface area contributed by atoms with Crippen molar-refractivity contribution < 1.29 is 19.7 Å². The molecule has 0 saturated heterocycles. The van der Waals surface area contributed by atoms with Gasteiger partial charge < -0.3 is 14.9 Å². The van der Waals surface area contributed by atoms with E-state index >= 15 is 0 Å². The van der Waals surface area contributed by atoms with Crippen LogP contribution in [-0.4, -0.2) is 35.0 Å². The van der Waals surface area contributed by atoms with E-state index in [-0.39, 0.29) is 30.0 Å². The quantitative estimate of drug-likeness (QED) is 0.269. The minimum Gasteiger partial charge on any atom is -0.466 e. The van der Waals surface area contributed by atoms with Crippen LogP contribution in [0.2, 0.25) is 0 Å². The van der Waals surface area contributed by atoms with E-state index in [1.165, 1.54) is 0 Å². The van der Waals surface area contributed by atoms with Gasteiger partial charge in [-0.05, 0) is 32.1 Å². The Balaban J connectivity index is 2.24. The Morgan fingerprint density at radius 3 is 2.62 bits per heavy atom. The number of rotatable bonds is 14. The summed E-state index contributed by atoms with van der Waals surface area (Å²) in [6.45, 7) is 4.44. The second-order valence-corrected chi connectivity index (χ2v) is 7.32. The molecule has 1 aliphatic carbocycles. The van der Waals surface area contributed by atoms with Crippen LogP contribution in [0, 0.1) is 11.8 Å². The highest BCUT2D eigenvalue weighted by Crippen LogP contribution is 2.31. The molecule has 2 N–H and O–H groups in total. The first-order valence-electron chi connectivity index (χ1n) is 10.5. The fourth-order valence-electron chi connectivity index (χ4n) is 3.52. The maximum absolute atomic E-state index is 11.3. The Labute approximate surface area is 159 Å². The smallest absolute Gasteiger partial charge is 0.305 e. The molecule has 0 amide bonds. The molecule has 0 aliphatic heterocycles. The zero-order chi connectivity index (χ0) is 19.2. The fourth-order valence-corrected chi connectivity index (χ4v) is 3.52. The first kappa shape index (κ1) is 22.9. The van der Waals surface area contributed by atoms with Crippen LogP contribution in [0.4, 0.5) is 0 Å². The van der Waals surface area contributed by atoms with Crippen LogP contribution >= 0.6 is 0 Å². The number of ether oxygens (including phenoxy) is 1. The first-order chi connectivity index (χ1) is 12.6. The normalized spacial score (nSPS) is 23.6. The van der Waals surface area contributed by atoms with E-state index in [1.54, 1.807) is 0 Å². The van der Waals surface area contributed by atoms with Crippen molar-refractivity contribution in [2.24, 2.45) is 11.8 Å². The second-order valence-electron chi connectivity index (χ2n) is 7.32. The van der Waals surface area contributed by atoms with E-state index in [4.69, 9.17) is 4.74 Å². The zero-order valence-electron chi connectivity index (χ0n) is 16.6. The van der Waals surface area contributed by atoms with Crippen LogP contribution in [0.5, 0.6) is 0 Å². The number of esters is 1. The lowest BCUT2D eigenvalue weighted by Gasteiger charge is -2.20. The van der Waals surface area contributed by atoms with Gasteiger partial charge in [0.2, 0.25) is 0 Å². The standard InChI is InChI=1S/C22H38O4/c1-3-5-8-11-19(23)16-14-18-15-17-21(24)20(18)12-9-6-7-10-13-22(25)26-4-2/h14-21,23-24H,3-13H2,1-2H3/t18-,19?,20-,21-/m0/s1. The lowest BCUT2D eigenvalue weighted by atomic mass is 9.88. The van der Waals surface area contributed by atoms with E-state index in [0.717, 1.165) is 57.8 Å². The average molecular weight is 367 g/mol. The molecule has 0 fully saturated rings. The van der Waals surface area contributed by atoms with Crippen molar-refractivity contribution in [3.05, 3.63) is 24.3 Å². The molecule has 4 nitrogen and oxygen atoms in total. The molecule has 0 heterocycles. The third-order valence-electron chi connectivity index (χ3n) is 5.10. The van der Waals surface area contributed by atoms with Crippen molar-refractivity contribution in [3.8, 4) is 0 Å². The topological polar surface area (TPSA) is 66.8 Å². The molecule has 0 aromatic heterocycles. The first-order valence-corrected chi connectivity index (χ1v) is 10.5. The monoisotopic (exact) mass is 366 g/mol. The van der Waals surface area contributed by atoms with E-state index in [0.29, 0.717) is 13.0 Å². The summed E-state index contributed by atoms with van der Waals surface area (Å²) in [6, 6.07) is 0. The number of aliphatic hydroxyl groups excluding tert-OH is 2. The van der Waals surface area contributed by atoms with Gasteiger partial charge in [0.1, 0.15) is 0 Å². The van der Waals surface area contributed by atoms with Crippen molar-refractivity contribution in [3.63, 3.8) is 0 Å². The molecule has 150 valence electrons. The summed E-state index contributed by atoms with van der Waals surface area (Å²) in [4.78, 5) is 11.3. The van der Waals surface area contributed by atoms with Crippen molar-refractivity contribution in [2.75, 3.05) is 6.61 Å². The van der Waals surface area contributed by atoms with Crippen molar-refractivity contribution >= 4 is 5.97 Å². The van der Waals surface area contributed by atoms with Crippen molar-refractivity contribution in [1.29, 1.82) is 0 Å². The predicted molar refractivity (Wildman–Crippen MR) is 106 cm³/mol. The highest BCUT2D eigenvalue weighted by Gasteiger charge is 2.28. The lowest BCUT2D eigenvalue weighted by Crippen LogP contribution is -2.19. The number of aliphatic hydroxyl groups is 2. The van der Waals surface area contributed by atoms with Gasteiger partial charge in [0, 0.05) is 12.3 Å². The number of carbonyl (C=O) groups excluding carboxylic acids is 1. The van der Waals surface area contributed by atoms with Crippen LogP contribution in [0.3, 0.4) is 0 Å². The highest BCUT2D eigenvalue weighted by molar-refractivity contribution is 5.69. The molecule has 1 unspecified atom stereocenters. The zero-order valence-corrected chi connectivity index (χ0v) is 16.6. The molecular weight excluding hydrogens is 328 g/mol. The largest absolute Gasteiger partial charge is 0.466 e. The van der Waals surface area contributed by atoms with Gasteiger partial charge in [-0.15, -0.1) is 0 Å². The van der Waals surface area contributed by atoms with Crippen molar-refractivity contribution in [1.82, 2.24) is 0 Å². The number of allylic oxidation sites excluding steroid dienone is 2. The van der Waals surface area contributed by atoms with E-state index in [2.05, 4.69) is 19.1 Å². The maximum atomic E-state index is 11.3. The summed E-state index contributed by atoms with van der Waals surface area (Å²) in [5, 5.41) is 20.2. The Morgan fingerprint density at radius 2 is 1.88 bits per heavy atom. The minimum atomic E-state index is -0.388. The highest BCUT2D eigenvalue weighted by atomic mass is 16.5. The molecule has 0 bridgehead atoms. The summed E-state index contributed by atoms with van der Waals surface area (Å²) < 4.78 is 4.93.